The molecule has 0 spiro atoms. The van der Waals surface area contributed by atoms with Crippen LogP contribution in [0.2, 0.25) is 5.02 Å². The molecule has 32 heavy (non-hydrogen) atoms. The first kappa shape index (κ1) is 21.9. The molecule has 0 radical (unpaired) electrons. The van der Waals surface area contributed by atoms with Gasteiger partial charge in [0.1, 0.15) is 32.2 Å². The fourth-order valence-corrected chi connectivity index (χ4v) is 5.11. The molecule has 3 heterocycles. The molecule has 4 rings (SSSR count). The normalized spacial score (nSPS) is 12.5. The van der Waals surface area contributed by atoms with Crippen LogP contribution in [0.1, 0.15) is 20.9 Å². The molecule has 1 aliphatic heterocycles. The summed E-state index contributed by atoms with van der Waals surface area (Å²) in [5.41, 5.74) is 0.102. The number of rotatable bonds is 5. The SMILES string of the molecule is COc1c2c(cc(C#N)c1N(C(=O)c1sccc1S(N)(=O)=O)c1onc(C)c1Cl)OCO2. The Hall–Kier alpha value is -3.31. The van der Waals surface area contributed by atoms with E-state index in [9.17, 15) is 18.5 Å². The highest BCUT2D eigenvalue weighted by Gasteiger charge is 2.37. The molecule has 0 aliphatic carbocycles. The fourth-order valence-electron chi connectivity index (χ4n) is 3.06. The molecule has 2 aromatic heterocycles. The van der Waals surface area contributed by atoms with Crippen molar-refractivity contribution < 1.29 is 31.9 Å². The molecule has 1 aromatic carbocycles. The van der Waals surface area contributed by atoms with E-state index in [0.29, 0.717) is 0 Å². The molecule has 0 saturated carbocycles. The summed E-state index contributed by atoms with van der Waals surface area (Å²) >= 11 is 7.16. The number of benzene rings is 1. The molecule has 0 fully saturated rings. The van der Waals surface area contributed by atoms with Crippen LogP contribution in [0.4, 0.5) is 11.6 Å². The molecular formula is C18H13ClN4O7S2. The van der Waals surface area contributed by atoms with Gasteiger partial charge >= 0.3 is 0 Å². The van der Waals surface area contributed by atoms with Gasteiger partial charge in [0.05, 0.1) is 12.7 Å². The number of aromatic nitrogens is 1. The number of nitrogens with zero attached hydrogens (tertiary/aromatic N) is 3. The number of primary sulfonamides is 1. The van der Waals surface area contributed by atoms with Crippen molar-refractivity contribution in [3.8, 4) is 23.3 Å². The Kier molecular flexibility index (Phi) is 5.47. The first-order valence-electron chi connectivity index (χ1n) is 8.66. The summed E-state index contributed by atoms with van der Waals surface area (Å²) in [6, 6.07) is 4.52. The van der Waals surface area contributed by atoms with Crippen molar-refractivity contribution in [2.45, 2.75) is 11.8 Å². The molecule has 0 bridgehead atoms. The number of carbonyl (C=O) groups is 1. The number of aryl methyl sites for hydroxylation is 1. The van der Waals surface area contributed by atoms with Gasteiger partial charge in [-0.15, -0.1) is 11.3 Å². The van der Waals surface area contributed by atoms with Gasteiger partial charge in [0.15, 0.2) is 11.5 Å². The highest BCUT2D eigenvalue weighted by atomic mass is 35.5. The van der Waals surface area contributed by atoms with Crippen LogP contribution in [0.3, 0.4) is 0 Å². The maximum absolute atomic E-state index is 13.7. The molecule has 0 atom stereocenters. The molecule has 3 aromatic rings. The van der Waals surface area contributed by atoms with Gasteiger partial charge in [-0.3, -0.25) is 4.79 Å². The van der Waals surface area contributed by atoms with E-state index in [1.54, 1.807) is 6.92 Å². The minimum atomic E-state index is -4.24. The lowest BCUT2D eigenvalue weighted by Crippen LogP contribution is -2.28. The summed E-state index contributed by atoms with van der Waals surface area (Å²) in [7, 11) is -2.93. The number of fused-ring (bicyclic) bond motifs is 1. The third-order valence-corrected chi connectivity index (χ3v) is 6.87. The standard InChI is InChI=1S/C18H13ClN4O7S2/c1-8-12(19)18(30-22-8)23(17(24)16-11(3-4-31-16)32(21,25)26)13-9(6-20)5-10-14(15(13)27-2)29-7-28-10/h3-5H,7H2,1-2H3,(H2,21,25,26). The van der Waals surface area contributed by atoms with Crippen molar-refractivity contribution in [1.82, 2.24) is 5.16 Å². The molecule has 1 aliphatic rings. The van der Waals surface area contributed by atoms with Crippen LogP contribution >= 0.6 is 22.9 Å². The molecular weight excluding hydrogens is 484 g/mol. The number of methoxy groups -OCH3 is 1. The van der Waals surface area contributed by atoms with Gasteiger partial charge in [0.25, 0.3) is 11.8 Å². The van der Waals surface area contributed by atoms with Gasteiger partial charge in [-0.1, -0.05) is 16.8 Å². The van der Waals surface area contributed by atoms with Gasteiger partial charge in [0, 0.05) is 6.07 Å². The van der Waals surface area contributed by atoms with E-state index in [1.807, 2.05) is 6.07 Å². The summed E-state index contributed by atoms with van der Waals surface area (Å²) < 4.78 is 45.6. The van der Waals surface area contributed by atoms with Crippen molar-refractivity contribution in [2.75, 3.05) is 18.8 Å². The minimum absolute atomic E-state index is 0.0243. The van der Waals surface area contributed by atoms with E-state index in [0.717, 1.165) is 16.2 Å². The summed E-state index contributed by atoms with van der Waals surface area (Å²) in [6.45, 7) is 1.41. The van der Waals surface area contributed by atoms with Crippen LogP contribution in [0.15, 0.2) is 26.9 Å². The second-order valence-electron chi connectivity index (χ2n) is 6.34. The topological polar surface area (TPSA) is 158 Å². The maximum Gasteiger partial charge on any atom is 0.276 e. The smallest absolute Gasteiger partial charge is 0.276 e. The van der Waals surface area contributed by atoms with Crippen LogP contribution in [-0.4, -0.2) is 33.4 Å². The van der Waals surface area contributed by atoms with E-state index in [-0.39, 0.29) is 56.8 Å². The molecule has 14 heteroatoms. The zero-order valence-corrected chi connectivity index (χ0v) is 18.8. The lowest BCUT2D eigenvalue weighted by atomic mass is 10.1. The predicted octanol–water partition coefficient (Wildman–Crippen LogP) is 2.93. The van der Waals surface area contributed by atoms with E-state index < -0.39 is 20.8 Å². The number of ether oxygens (including phenoxy) is 3. The summed E-state index contributed by atoms with van der Waals surface area (Å²) in [4.78, 5) is 14.0. The Balaban J connectivity index is 2.04. The number of carbonyl (C=O) groups excluding carboxylic acids is 1. The molecule has 166 valence electrons. The third-order valence-electron chi connectivity index (χ3n) is 4.45. The number of nitriles is 1. The first-order valence-corrected chi connectivity index (χ1v) is 11.5. The van der Waals surface area contributed by atoms with Crippen LogP contribution in [-0.2, 0) is 10.0 Å². The Labute approximate surface area is 190 Å². The lowest BCUT2D eigenvalue weighted by molar-refractivity contribution is 0.0994. The highest BCUT2D eigenvalue weighted by Crippen LogP contribution is 2.52. The average molecular weight is 497 g/mol. The Morgan fingerprint density at radius 2 is 2.19 bits per heavy atom. The van der Waals surface area contributed by atoms with Crippen molar-refractivity contribution in [3.63, 3.8) is 0 Å². The zero-order valence-electron chi connectivity index (χ0n) is 16.4. The number of thiophene rings is 1. The predicted molar refractivity (Wildman–Crippen MR) is 112 cm³/mol. The van der Waals surface area contributed by atoms with Crippen molar-refractivity contribution in [1.29, 1.82) is 5.26 Å². The van der Waals surface area contributed by atoms with E-state index in [2.05, 4.69) is 5.16 Å². The number of amides is 1. The number of halogens is 1. The summed E-state index contributed by atoms with van der Waals surface area (Å²) in [6.07, 6.45) is 0. The van der Waals surface area contributed by atoms with E-state index in [4.69, 9.17) is 35.5 Å². The number of sulfonamides is 1. The molecule has 0 unspecified atom stereocenters. The average Bonchev–Trinajstić information content (AvgIpc) is 3.49. The second kappa shape index (κ2) is 7.99. The van der Waals surface area contributed by atoms with E-state index in [1.165, 1.54) is 24.6 Å². The summed E-state index contributed by atoms with van der Waals surface area (Å²) in [5, 5.41) is 20.2. The molecule has 11 nitrogen and oxygen atoms in total. The number of nitrogens with two attached hydrogens (primary N) is 1. The lowest BCUT2D eigenvalue weighted by Gasteiger charge is -2.23. The quantitative estimate of drug-likeness (QED) is 0.560. The number of anilines is 2. The first-order chi connectivity index (χ1) is 15.2. The van der Waals surface area contributed by atoms with Crippen molar-refractivity contribution in [3.05, 3.63) is 38.7 Å². The van der Waals surface area contributed by atoms with Crippen LogP contribution in [0.5, 0.6) is 17.2 Å². The van der Waals surface area contributed by atoms with Crippen LogP contribution < -0.4 is 24.2 Å². The van der Waals surface area contributed by atoms with Gasteiger partial charge in [-0.2, -0.15) is 5.26 Å². The van der Waals surface area contributed by atoms with E-state index >= 15 is 0 Å². The number of hydrogen-bond donors (Lipinski definition) is 1. The second-order valence-corrected chi connectivity index (χ2v) is 9.16. The Bertz CT molecular complexity index is 1390. The van der Waals surface area contributed by atoms with Crippen molar-refractivity contribution >= 4 is 50.4 Å². The van der Waals surface area contributed by atoms with Gasteiger partial charge in [-0.25, -0.2) is 18.5 Å². The fraction of sp³-hybridized carbons (Fsp3) is 0.167. The maximum atomic E-state index is 13.7. The molecule has 1 amide bonds. The van der Waals surface area contributed by atoms with Gasteiger partial charge < -0.3 is 18.7 Å². The van der Waals surface area contributed by atoms with Crippen molar-refractivity contribution in [2.24, 2.45) is 5.14 Å². The van der Waals surface area contributed by atoms with Crippen LogP contribution in [0, 0.1) is 18.3 Å². The summed E-state index contributed by atoms with van der Waals surface area (Å²) in [5.74, 6) is -0.795. The van der Waals surface area contributed by atoms with Crippen LogP contribution in [0.25, 0.3) is 0 Å². The Morgan fingerprint density at radius 1 is 1.44 bits per heavy atom. The molecule has 2 N–H and O–H groups in total. The molecule has 0 saturated heterocycles. The third kappa shape index (κ3) is 3.43. The van der Waals surface area contributed by atoms with Gasteiger partial charge in [0.2, 0.25) is 22.6 Å². The van der Waals surface area contributed by atoms with Gasteiger partial charge in [-0.05, 0) is 18.4 Å². The number of hydrogen-bond acceptors (Lipinski definition) is 10. The largest absolute Gasteiger partial charge is 0.491 e. The monoisotopic (exact) mass is 496 g/mol. The minimum Gasteiger partial charge on any atom is -0.491 e. The highest BCUT2D eigenvalue weighted by molar-refractivity contribution is 7.89. The zero-order chi connectivity index (χ0) is 23.2. The Morgan fingerprint density at radius 3 is 2.78 bits per heavy atom.